The molecule has 0 N–H and O–H groups in total. The van der Waals surface area contributed by atoms with Crippen molar-refractivity contribution in [3.63, 3.8) is 0 Å². The van der Waals surface area contributed by atoms with E-state index in [-0.39, 0.29) is 19.4 Å². The minimum Gasteiger partial charge on any atom is -0.487 e. The first-order valence-electron chi connectivity index (χ1n) is 11.0. The van der Waals surface area contributed by atoms with Gasteiger partial charge in [-0.3, -0.25) is 4.85 Å². The monoisotopic (exact) mass is 449 g/mol. The van der Waals surface area contributed by atoms with Gasteiger partial charge >= 0.3 is 11.5 Å². The van der Waals surface area contributed by atoms with Crippen molar-refractivity contribution in [2.45, 2.75) is 25.3 Å². The number of hydrogen-bond donors (Lipinski definition) is 0. The van der Waals surface area contributed by atoms with E-state index in [1.54, 1.807) is 6.92 Å². The fourth-order valence-corrected chi connectivity index (χ4v) is 3.61. The molecule has 176 valence electrons. The van der Waals surface area contributed by atoms with Crippen molar-refractivity contribution in [2.75, 3.05) is 72.7 Å². The van der Waals surface area contributed by atoms with E-state index in [1.807, 2.05) is 12.1 Å². The van der Waals surface area contributed by atoms with Crippen molar-refractivity contribution in [1.82, 2.24) is 0 Å². The van der Waals surface area contributed by atoms with E-state index in [2.05, 4.69) is 4.85 Å². The molecule has 1 aromatic carbocycles. The summed E-state index contributed by atoms with van der Waals surface area (Å²) in [5.41, 5.74) is 0.551. The highest BCUT2D eigenvalue weighted by Gasteiger charge is 2.52. The second kappa shape index (κ2) is 12.6. The third kappa shape index (κ3) is 6.56. The lowest BCUT2D eigenvalue weighted by atomic mass is 9.97. The molecule has 1 aromatic rings. The maximum Gasteiger partial charge on any atom is 0.394 e. The van der Waals surface area contributed by atoms with Crippen LogP contribution in [0.2, 0.25) is 0 Å². The highest BCUT2D eigenvalue weighted by Crippen LogP contribution is 2.40. The van der Waals surface area contributed by atoms with Gasteiger partial charge in [0.15, 0.2) is 11.5 Å². The van der Waals surface area contributed by atoms with Crippen LogP contribution in [0, 0.1) is 6.57 Å². The fourth-order valence-electron chi connectivity index (χ4n) is 3.61. The van der Waals surface area contributed by atoms with Crippen molar-refractivity contribution in [3.05, 3.63) is 34.7 Å². The minimum absolute atomic E-state index is 0.241. The normalized spacial score (nSPS) is 20.2. The molecule has 0 saturated carbocycles. The average molecular weight is 450 g/mol. The summed E-state index contributed by atoms with van der Waals surface area (Å²) in [5, 5.41) is 0. The van der Waals surface area contributed by atoms with Gasteiger partial charge in [0.1, 0.15) is 13.2 Å². The standard InChI is InChI=1S/C23H31NO8/c1-3-30-22(25)23(24-2)16-18-14-20-21(15-19(18)17-23)32-13-11-29-9-7-27-5-4-26-6-8-28-10-12-31-20/h14-15H,3-13,16-17H2,1H3. The summed E-state index contributed by atoms with van der Waals surface area (Å²) in [6.07, 6.45) is 0.580. The Labute approximate surface area is 188 Å². The Morgan fingerprint density at radius 3 is 1.62 bits per heavy atom. The second-order valence-corrected chi connectivity index (χ2v) is 7.43. The lowest BCUT2D eigenvalue weighted by Crippen LogP contribution is -2.37. The van der Waals surface area contributed by atoms with Crippen LogP contribution in [0.15, 0.2) is 12.1 Å². The SMILES string of the molecule is [C-]#[N+]C1(C(=O)OCC)Cc2cc3c(cc2C1)OCCOCCOCCOCCOCCO3. The first-order chi connectivity index (χ1) is 15.7. The molecule has 2 aliphatic rings. The Morgan fingerprint density at radius 1 is 0.844 bits per heavy atom. The van der Waals surface area contributed by atoms with Gasteiger partial charge in [-0.25, -0.2) is 11.4 Å². The third-order valence-electron chi connectivity index (χ3n) is 5.19. The summed E-state index contributed by atoms with van der Waals surface area (Å²) in [4.78, 5) is 16.1. The van der Waals surface area contributed by atoms with Crippen LogP contribution in [-0.4, -0.2) is 84.2 Å². The average Bonchev–Trinajstić information content (AvgIpc) is 3.17. The number of rotatable bonds is 2. The number of fused-ring (bicyclic) bond motifs is 2. The molecule has 9 nitrogen and oxygen atoms in total. The Morgan fingerprint density at radius 2 is 1.25 bits per heavy atom. The first kappa shape index (κ1) is 24.3. The molecule has 0 saturated heterocycles. The van der Waals surface area contributed by atoms with E-state index in [1.165, 1.54) is 0 Å². The Balaban J connectivity index is 1.71. The molecule has 0 radical (unpaired) electrons. The molecule has 1 aliphatic heterocycles. The lowest BCUT2D eigenvalue weighted by molar-refractivity contribution is -0.147. The molecule has 0 unspecified atom stereocenters. The number of ether oxygens (including phenoxy) is 7. The maximum absolute atomic E-state index is 12.5. The van der Waals surface area contributed by atoms with Gasteiger partial charge in [0, 0.05) is 0 Å². The second-order valence-electron chi connectivity index (χ2n) is 7.43. The molecule has 1 heterocycles. The predicted octanol–water partition coefficient (Wildman–Crippen LogP) is 1.84. The van der Waals surface area contributed by atoms with Crippen LogP contribution in [0.4, 0.5) is 0 Å². The summed E-state index contributed by atoms with van der Waals surface area (Å²) in [6, 6.07) is 3.71. The van der Waals surface area contributed by atoms with Gasteiger partial charge < -0.3 is 33.2 Å². The quantitative estimate of drug-likeness (QED) is 0.500. The summed E-state index contributed by atoms with van der Waals surface area (Å²) in [5.74, 6) is 0.620. The summed E-state index contributed by atoms with van der Waals surface area (Å²) in [7, 11) is 0. The Kier molecular flexibility index (Phi) is 9.56. The summed E-state index contributed by atoms with van der Waals surface area (Å²) in [6.45, 7) is 14.0. The van der Waals surface area contributed by atoms with Gasteiger partial charge in [0.05, 0.1) is 72.3 Å². The molecular weight excluding hydrogens is 418 g/mol. The van der Waals surface area contributed by atoms with Crippen LogP contribution < -0.4 is 9.47 Å². The van der Waals surface area contributed by atoms with Crippen LogP contribution in [0.3, 0.4) is 0 Å². The van der Waals surface area contributed by atoms with Gasteiger partial charge in [0.2, 0.25) is 0 Å². The van der Waals surface area contributed by atoms with E-state index in [9.17, 15) is 4.79 Å². The van der Waals surface area contributed by atoms with Crippen molar-refractivity contribution in [3.8, 4) is 11.5 Å². The molecule has 0 aromatic heterocycles. The molecule has 3 rings (SSSR count). The predicted molar refractivity (Wildman–Crippen MR) is 114 cm³/mol. The van der Waals surface area contributed by atoms with Gasteiger partial charge in [0.25, 0.3) is 0 Å². The number of carbonyl (C=O) groups excluding carboxylic acids is 1. The smallest absolute Gasteiger partial charge is 0.394 e. The zero-order valence-corrected chi connectivity index (χ0v) is 18.6. The van der Waals surface area contributed by atoms with Crippen LogP contribution >= 0.6 is 0 Å². The number of carbonyl (C=O) groups is 1. The first-order valence-corrected chi connectivity index (χ1v) is 11.0. The van der Waals surface area contributed by atoms with E-state index >= 15 is 0 Å². The Bertz CT molecular complexity index is 744. The molecule has 1 aliphatic carbocycles. The number of hydrogen-bond acceptors (Lipinski definition) is 8. The zero-order chi connectivity index (χ0) is 22.7. The molecular formula is C23H31NO8. The van der Waals surface area contributed by atoms with E-state index in [0.29, 0.717) is 77.6 Å². The topological polar surface area (TPSA) is 86.0 Å². The zero-order valence-electron chi connectivity index (χ0n) is 18.6. The summed E-state index contributed by atoms with van der Waals surface area (Å²) >= 11 is 0. The highest BCUT2D eigenvalue weighted by atomic mass is 16.6. The van der Waals surface area contributed by atoms with Gasteiger partial charge in [-0.1, -0.05) is 0 Å². The third-order valence-corrected chi connectivity index (χ3v) is 5.19. The van der Waals surface area contributed by atoms with Gasteiger partial charge in [-0.15, -0.1) is 0 Å². The van der Waals surface area contributed by atoms with E-state index in [0.717, 1.165) is 11.1 Å². The molecule has 0 fully saturated rings. The number of benzene rings is 1. The van der Waals surface area contributed by atoms with Crippen molar-refractivity contribution in [1.29, 1.82) is 0 Å². The van der Waals surface area contributed by atoms with Crippen LogP contribution in [0.5, 0.6) is 11.5 Å². The maximum atomic E-state index is 12.5. The largest absolute Gasteiger partial charge is 0.487 e. The van der Waals surface area contributed by atoms with E-state index in [4.69, 9.17) is 39.7 Å². The lowest BCUT2D eigenvalue weighted by Gasteiger charge is -2.15. The van der Waals surface area contributed by atoms with Crippen molar-refractivity contribution >= 4 is 5.97 Å². The molecule has 0 spiro atoms. The molecule has 0 atom stereocenters. The minimum atomic E-state index is -1.23. The Hall–Kier alpha value is -2.38. The number of esters is 1. The van der Waals surface area contributed by atoms with Crippen LogP contribution in [-0.2, 0) is 41.3 Å². The molecule has 0 amide bonds. The van der Waals surface area contributed by atoms with Crippen molar-refractivity contribution < 1.29 is 38.0 Å². The fraction of sp³-hybridized carbons (Fsp3) is 0.652. The van der Waals surface area contributed by atoms with Crippen LogP contribution in [0.1, 0.15) is 18.1 Å². The molecule has 9 heteroatoms. The van der Waals surface area contributed by atoms with Gasteiger partial charge in [-0.05, 0) is 30.2 Å². The van der Waals surface area contributed by atoms with Crippen molar-refractivity contribution in [2.24, 2.45) is 0 Å². The van der Waals surface area contributed by atoms with Gasteiger partial charge in [-0.2, -0.15) is 0 Å². The summed E-state index contributed by atoms with van der Waals surface area (Å²) < 4.78 is 39.0. The molecule has 32 heavy (non-hydrogen) atoms. The van der Waals surface area contributed by atoms with Crippen LogP contribution in [0.25, 0.3) is 4.85 Å². The number of nitrogens with zero attached hydrogens (tertiary/aromatic N) is 1. The molecule has 0 bridgehead atoms. The highest BCUT2D eigenvalue weighted by molar-refractivity contribution is 5.85. The van der Waals surface area contributed by atoms with E-state index < -0.39 is 11.5 Å².